The molecule has 0 saturated heterocycles. The van der Waals surface area contributed by atoms with Crippen molar-refractivity contribution in [3.8, 4) is 11.3 Å². The van der Waals surface area contributed by atoms with Crippen molar-refractivity contribution in [2.75, 3.05) is 11.9 Å². The molecule has 1 aromatic carbocycles. The van der Waals surface area contributed by atoms with E-state index in [2.05, 4.69) is 24.1 Å². The van der Waals surface area contributed by atoms with Crippen LogP contribution in [0.1, 0.15) is 18.7 Å². The third-order valence-corrected chi connectivity index (χ3v) is 3.58. The number of benzene rings is 1. The van der Waals surface area contributed by atoms with E-state index in [-0.39, 0.29) is 0 Å². The lowest BCUT2D eigenvalue weighted by atomic mass is 10.1. The van der Waals surface area contributed by atoms with Gasteiger partial charge in [0, 0.05) is 17.0 Å². The number of thiazole rings is 1. The van der Waals surface area contributed by atoms with Gasteiger partial charge in [-0.3, -0.25) is 0 Å². The summed E-state index contributed by atoms with van der Waals surface area (Å²) in [5.41, 5.74) is 1.31. The van der Waals surface area contributed by atoms with Crippen LogP contribution in [0.5, 0.6) is 0 Å². The SMILES string of the molecule is Cc1sc(NCC(C)C)nc1-c1ccc(F)c(F)c1. The minimum absolute atomic E-state index is 0.524. The molecular formula is C14H16F2N2S. The van der Waals surface area contributed by atoms with Crippen LogP contribution in [-0.2, 0) is 0 Å². The van der Waals surface area contributed by atoms with Gasteiger partial charge in [-0.05, 0) is 31.0 Å². The Morgan fingerprint density at radius 2 is 2.00 bits per heavy atom. The van der Waals surface area contributed by atoms with Gasteiger partial charge in [0.2, 0.25) is 0 Å². The Kier molecular flexibility index (Phi) is 4.14. The maximum absolute atomic E-state index is 13.2. The molecule has 0 bridgehead atoms. The highest BCUT2D eigenvalue weighted by Crippen LogP contribution is 2.31. The quantitative estimate of drug-likeness (QED) is 0.895. The topological polar surface area (TPSA) is 24.9 Å². The predicted octanol–water partition coefficient (Wildman–Crippen LogP) is 4.46. The third kappa shape index (κ3) is 3.29. The van der Waals surface area contributed by atoms with Crippen LogP contribution >= 0.6 is 11.3 Å². The highest BCUT2D eigenvalue weighted by atomic mass is 32.1. The number of nitrogens with one attached hydrogen (secondary N) is 1. The lowest BCUT2D eigenvalue weighted by Crippen LogP contribution is -2.07. The second kappa shape index (κ2) is 5.65. The molecule has 0 amide bonds. The molecule has 0 atom stereocenters. The van der Waals surface area contributed by atoms with E-state index in [4.69, 9.17) is 0 Å². The second-order valence-corrected chi connectivity index (χ2v) is 6.03. The number of rotatable bonds is 4. The van der Waals surface area contributed by atoms with Gasteiger partial charge in [-0.15, -0.1) is 11.3 Å². The van der Waals surface area contributed by atoms with Gasteiger partial charge in [-0.2, -0.15) is 0 Å². The summed E-state index contributed by atoms with van der Waals surface area (Å²) < 4.78 is 26.2. The predicted molar refractivity (Wildman–Crippen MR) is 75.5 cm³/mol. The van der Waals surface area contributed by atoms with Crippen LogP contribution in [0.3, 0.4) is 0 Å². The summed E-state index contributed by atoms with van der Waals surface area (Å²) in [6.45, 7) is 6.99. The van der Waals surface area contributed by atoms with E-state index in [1.807, 2.05) is 6.92 Å². The van der Waals surface area contributed by atoms with Gasteiger partial charge in [0.25, 0.3) is 0 Å². The first-order valence-electron chi connectivity index (χ1n) is 6.14. The van der Waals surface area contributed by atoms with Crippen molar-refractivity contribution in [3.63, 3.8) is 0 Å². The maximum Gasteiger partial charge on any atom is 0.183 e. The molecule has 0 aliphatic rings. The van der Waals surface area contributed by atoms with E-state index >= 15 is 0 Å². The van der Waals surface area contributed by atoms with Gasteiger partial charge in [0.05, 0.1) is 5.69 Å². The molecular weight excluding hydrogens is 266 g/mol. The Bertz CT molecular complexity index is 579. The van der Waals surface area contributed by atoms with Gasteiger partial charge in [0.15, 0.2) is 16.8 Å². The normalized spacial score (nSPS) is 11.1. The summed E-state index contributed by atoms with van der Waals surface area (Å²) >= 11 is 1.52. The molecule has 0 saturated carbocycles. The van der Waals surface area contributed by atoms with Gasteiger partial charge in [0.1, 0.15) is 0 Å². The number of hydrogen-bond acceptors (Lipinski definition) is 3. The third-order valence-electron chi connectivity index (χ3n) is 2.65. The Balaban J connectivity index is 2.27. The Morgan fingerprint density at radius 3 is 2.63 bits per heavy atom. The largest absolute Gasteiger partial charge is 0.361 e. The van der Waals surface area contributed by atoms with E-state index in [0.29, 0.717) is 17.2 Å². The molecule has 0 aliphatic heterocycles. The molecule has 0 aliphatic carbocycles. The molecule has 1 aromatic heterocycles. The standard InChI is InChI=1S/C14H16F2N2S/c1-8(2)7-17-14-18-13(9(3)19-14)10-4-5-11(15)12(16)6-10/h4-6,8H,7H2,1-3H3,(H,17,18). The molecule has 0 unspecified atom stereocenters. The van der Waals surface area contributed by atoms with Gasteiger partial charge < -0.3 is 5.32 Å². The number of aryl methyl sites for hydroxylation is 1. The van der Waals surface area contributed by atoms with Crippen LogP contribution in [0, 0.1) is 24.5 Å². The fourth-order valence-corrected chi connectivity index (χ4v) is 2.52. The highest BCUT2D eigenvalue weighted by molar-refractivity contribution is 7.16. The molecule has 0 spiro atoms. The lowest BCUT2D eigenvalue weighted by Gasteiger charge is -2.04. The molecule has 1 N–H and O–H groups in total. The lowest BCUT2D eigenvalue weighted by molar-refractivity contribution is 0.509. The number of aromatic nitrogens is 1. The number of halogens is 2. The molecule has 0 radical (unpaired) electrons. The van der Waals surface area contributed by atoms with Crippen molar-refractivity contribution < 1.29 is 8.78 Å². The molecule has 0 fully saturated rings. The van der Waals surface area contributed by atoms with E-state index in [9.17, 15) is 8.78 Å². The van der Waals surface area contributed by atoms with E-state index in [1.54, 1.807) is 6.07 Å². The second-order valence-electron chi connectivity index (χ2n) is 4.83. The molecule has 2 rings (SSSR count). The fraction of sp³-hybridized carbons (Fsp3) is 0.357. The summed E-state index contributed by atoms with van der Waals surface area (Å²) in [4.78, 5) is 5.42. The van der Waals surface area contributed by atoms with Crippen molar-refractivity contribution in [3.05, 3.63) is 34.7 Å². The van der Waals surface area contributed by atoms with Crippen LogP contribution in [-0.4, -0.2) is 11.5 Å². The Hall–Kier alpha value is -1.49. The zero-order chi connectivity index (χ0) is 14.0. The average Bonchev–Trinajstić information content (AvgIpc) is 2.72. The molecule has 2 aromatic rings. The number of hydrogen-bond donors (Lipinski definition) is 1. The van der Waals surface area contributed by atoms with Gasteiger partial charge >= 0.3 is 0 Å². The van der Waals surface area contributed by atoms with Crippen LogP contribution in [0.4, 0.5) is 13.9 Å². The molecule has 5 heteroatoms. The molecule has 102 valence electrons. The van der Waals surface area contributed by atoms with Crippen LogP contribution in [0.2, 0.25) is 0 Å². The first-order valence-corrected chi connectivity index (χ1v) is 6.95. The van der Waals surface area contributed by atoms with Gasteiger partial charge in [-0.25, -0.2) is 13.8 Å². The fourth-order valence-electron chi connectivity index (χ4n) is 1.67. The van der Waals surface area contributed by atoms with Crippen molar-refractivity contribution in [1.82, 2.24) is 4.98 Å². The summed E-state index contributed by atoms with van der Waals surface area (Å²) in [5, 5.41) is 4.05. The van der Waals surface area contributed by atoms with Crippen molar-refractivity contribution in [2.24, 2.45) is 5.92 Å². The van der Waals surface area contributed by atoms with E-state index < -0.39 is 11.6 Å². The number of anilines is 1. The Labute approximate surface area is 115 Å². The van der Waals surface area contributed by atoms with Gasteiger partial charge in [-0.1, -0.05) is 13.8 Å². The minimum atomic E-state index is -0.846. The first-order chi connectivity index (χ1) is 8.97. The van der Waals surface area contributed by atoms with Crippen molar-refractivity contribution >= 4 is 16.5 Å². The molecule has 2 nitrogen and oxygen atoms in total. The van der Waals surface area contributed by atoms with Crippen LogP contribution in [0.25, 0.3) is 11.3 Å². The Morgan fingerprint density at radius 1 is 1.26 bits per heavy atom. The summed E-state index contributed by atoms with van der Waals surface area (Å²) in [6.07, 6.45) is 0. The van der Waals surface area contributed by atoms with E-state index in [1.165, 1.54) is 17.4 Å². The monoisotopic (exact) mass is 282 g/mol. The van der Waals surface area contributed by atoms with Crippen molar-refractivity contribution in [1.29, 1.82) is 0 Å². The van der Waals surface area contributed by atoms with Crippen molar-refractivity contribution in [2.45, 2.75) is 20.8 Å². The summed E-state index contributed by atoms with van der Waals surface area (Å²) in [5.74, 6) is -1.16. The maximum atomic E-state index is 13.2. The average molecular weight is 282 g/mol. The van der Waals surface area contributed by atoms with Crippen LogP contribution < -0.4 is 5.32 Å². The minimum Gasteiger partial charge on any atom is -0.361 e. The highest BCUT2D eigenvalue weighted by Gasteiger charge is 2.12. The number of nitrogens with zero attached hydrogens (tertiary/aromatic N) is 1. The smallest absolute Gasteiger partial charge is 0.183 e. The summed E-state index contributed by atoms with van der Waals surface area (Å²) in [6, 6.07) is 3.86. The summed E-state index contributed by atoms with van der Waals surface area (Å²) in [7, 11) is 0. The van der Waals surface area contributed by atoms with Crippen LogP contribution in [0.15, 0.2) is 18.2 Å². The van der Waals surface area contributed by atoms with E-state index in [0.717, 1.165) is 22.6 Å². The molecule has 1 heterocycles. The molecule has 19 heavy (non-hydrogen) atoms. The zero-order valence-corrected chi connectivity index (χ0v) is 11.9. The first kappa shape index (κ1) is 13.9. The zero-order valence-electron chi connectivity index (χ0n) is 11.1.